The van der Waals surface area contributed by atoms with Gasteiger partial charge in [0.05, 0.1) is 26.4 Å². The van der Waals surface area contributed by atoms with Crippen molar-refractivity contribution in [2.45, 2.75) is 361 Å². The van der Waals surface area contributed by atoms with Gasteiger partial charge in [-0.2, -0.15) is 0 Å². The Morgan fingerprint density at radius 2 is 0.471 bits per heavy atom. The van der Waals surface area contributed by atoms with Gasteiger partial charge in [0.25, 0.3) is 0 Å². The Balaban J connectivity index is 5.08. The second-order valence-corrected chi connectivity index (χ2v) is 26.8. The average molecular weight is 1260 g/mol. The van der Waals surface area contributed by atoms with Crippen LogP contribution >= 0.6 is 15.6 Å². The number of hydrogen-bond acceptors (Lipinski definition) is 15. The van der Waals surface area contributed by atoms with E-state index in [9.17, 15) is 43.2 Å². The first kappa shape index (κ1) is 83.1. The Bertz CT molecular complexity index is 1640. The molecule has 5 atom stereocenters. The van der Waals surface area contributed by atoms with Gasteiger partial charge in [-0.3, -0.25) is 37.3 Å². The number of unbranched alkanes of at least 4 members (excludes halogenated alkanes) is 41. The highest BCUT2D eigenvalue weighted by Gasteiger charge is 2.30. The molecule has 0 fully saturated rings. The van der Waals surface area contributed by atoms with Crippen molar-refractivity contribution in [1.29, 1.82) is 0 Å². The maximum absolute atomic E-state index is 13.0. The first-order chi connectivity index (χ1) is 41.2. The van der Waals surface area contributed by atoms with Crippen LogP contribution < -0.4 is 0 Å². The van der Waals surface area contributed by atoms with Crippen molar-refractivity contribution < 1.29 is 80.2 Å². The number of carbonyl (C=O) groups is 4. The lowest BCUT2D eigenvalue weighted by Crippen LogP contribution is -2.30. The topological polar surface area (TPSA) is 237 Å². The van der Waals surface area contributed by atoms with E-state index in [-0.39, 0.29) is 25.7 Å². The molecular formula is C66H128O17P2. The van der Waals surface area contributed by atoms with E-state index < -0.39 is 97.5 Å². The van der Waals surface area contributed by atoms with Crippen molar-refractivity contribution in [2.75, 3.05) is 39.6 Å². The number of carbonyl (C=O) groups excluding carboxylic acids is 4. The van der Waals surface area contributed by atoms with Gasteiger partial charge in [0.15, 0.2) is 12.2 Å². The summed E-state index contributed by atoms with van der Waals surface area (Å²) in [5.41, 5.74) is 0. The molecule has 0 bridgehead atoms. The molecule has 0 aromatic rings. The number of esters is 4. The summed E-state index contributed by atoms with van der Waals surface area (Å²) in [6, 6.07) is 0. The normalized spacial score (nSPS) is 14.1. The molecule has 85 heavy (non-hydrogen) atoms. The molecule has 0 aromatic carbocycles. The van der Waals surface area contributed by atoms with E-state index in [2.05, 4.69) is 27.7 Å². The van der Waals surface area contributed by atoms with Crippen LogP contribution in [0.1, 0.15) is 342 Å². The molecule has 0 aliphatic heterocycles. The minimum absolute atomic E-state index is 0.106. The number of aliphatic hydroxyl groups excluding tert-OH is 1. The molecule has 0 saturated carbocycles. The fourth-order valence-electron chi connectivity index (χ4n) is 9.99. The van der Waals surface area contributed by atoms with E-state index in [0.717, 1.165) is 96.3 Å². The molecule has 0 aliphatic rings. The fourth-order valence-corrected chi connectivity index (χ4v) is 11.6. The van der Waals surface area contributed by atoms with Crippen LogP contribution in [0.4, 0.5) is 0 Å². The molecule has 0 saturated heterocycles. The van der Waals surface area contributed by atoms with Gasteiger partial charge < -0.3 is 33.8 Å². The predicted molar refractivity (Wildman–Crippen MR) is 340 cm³/mol. The van der Waals surface area contributed by atoms with Crippen molar-refractivity contribution in [1.82, 2.24) is 0 Å². The number of hydrogen-bond donors (Lipinski definition) is 3. The Morgan fingerprint density at radius 3 is 0.694 bits per heavy atom. The van der Waals surface area contributed by atoms with E-state index in [1.807, 2.05) is 0 Å². The van der Waals surface area contributed by atoms with E-state index >= 15 is 0 Å². The Morgan fingerprint density at radius 1 is 0.282 bits per heavy atom. The molecule has 0 aromatic heterocycles. The first-order valence-corrected chi connectivity index (χ1v) is 37.8. The van der Waals surface area contributed by atoms with Crippen molar-refractivity contribution in [3.63, 3.8) is 0 Å². The molecule has 3 N–H and O–H groups in total. The summed E-state index contributed by atoms with van der Waals surface area (Å²) in [7, 11) is -9.88. The van der Waals surface area contributed by atoms with E-state index in [1.54, 1.807) is 0 Å². The summed E-state index contributed by atoms with van der Waals surface area (Å²) in [6.45, 7) is 4.80. The summed E-state index contributed by atoms with van der Waals surface area (Å²) in [5.74, 6) is -2.14. The van der Waals surface area contributed by atoms with Crippen LogP contribution in [0.25, 0.3) is 0 Å². The standard InChI is InChI=1S/C66H128O17P2/c1-5-9-13-17-20-23-26-27-28-29-30-31-32-33-34-35-38-41-45-49-53-66(71)83-62(57-77-64(69)51-47-43-39-36-24-21-18-14-10-6-2)59-81-85(74,75)79-55-60(67)54-78-84(72,73)80-58-61(56-76-63(68)50-46-42-16-12-8-4)82-65(70)52-48-44-40-37-25-22-19-15-11-7-3/h60-62,67H,5-59H2,1-4H3,(H,72,73)(H,74,75)/t60-,61+,62+/m0/s1. The van der Waals surface area contributed by atoms with E-state index in [1.165, 1.54) is 167 Å². The van der Waals surface area contributed by atoms with Crippen molar-refractivity contribution >= 4 is 39.5 Å². The molecular weight excluding hydrogens is 1130 g/mol. The lowest BCUT2D eigenvalue weighted by molar-refractivity contribution is -0.161. The Hall–Kier alpha value is -1.94. The molecule has 17 nitrogen and oxygen atoms in total. The van der Waals surface area contributed by atoms with Crippen LogP contribution in [0.2, 0.25) is 0 Å². The van der Waals surface area contributed by atoms with Gasteiger partial charge in [-0.05, 0) is 25.7 Å². The van der Waals surface area contributed by atoms with Crippen molar-refractivity contribution in [3.8, 4) is 0 Å². The third kappa shape index (κ3) is 60.7. The number of phosphoric ester groups is 2. The molecule has 0 radical (unpaired) electrons. The van der Waals surface area contributed by atoms with Crippen molar-refractivity contribution in [2.24, 2.45) is 0 Å². The highest BCUT2D eigenvalue weighted by molar-refractivity contribution is 7.47. The van der Waals surface area contributed by atoms with Gasteiger partial charge in [-0.15, -0.1) is 0 Å². The summed E-state index contributed by atoms with van der Waals surface area (Å²) >= 11 is 0. The monoisotopic (exact) mass is 1250 g/mol. The smallest absolute Gasteiger partial charge is 0.462 e. The van der Waals surface area contributed by atoms with Gasteiger partial charge >= 0.3 is 39.5 Å². The van der Waals surface area contributed by atoms with E-state index in [0.29, 0.717) is 25.7 Å². The fraction of sp³-hybridized carbons (Fsp3) is 0.939. The molecule has 0 heterocycles. The van der Waals surface area contributed by atoms with Crippen LogP contribution in [0.3, 0.4) is 0 Å². The Kier molecular flexibility index (Phi) is 59.6. The zero-order chi connectivity index (χ0) is 62.6. The summed E-state index contributed by atoms with van der Waals surface area (Å²) in [4.78, 5) is 72.0. The van der Waals surface area contributed by atoms with Gasteiger partial charge in [0.1, 0.15) is 19.3 Å². The maximum Gasteiger partial charge on any atom is 0.472 e. The molecule has 0 spiro atoms. The number of aliphatic hydroxyl groups is 1. The number of ether oxygens (including phenoxy) is 4. The summed E-state index contributed by atoms with van der Waals surface area (Å²) in [6.07, 6.45) is 47.7. The number of phosphoric acid groups is 2. The van der Waals surface area contributed by atoms with Gasteiger partial charge in [-0.25, -0.2) is 9.13 Å². The molecule has 19 heteroatoms. The lowest BCUT2D eigenvalue weighted by Gasteiger charge is -2.21. The zero-order valence-electron chi connectivity index (χ0n) is 54.6. The quantitative estimate of drug-likeness (QED) is 0.0222. The second kappa shape index (κ2) is 60.9. The van der Waals surface area contributed by atoms with Crippen molar-refractivity contribution in [3.05, 3.63) is 0 Å². The SMILES string of the molecule is CCCCCCCCCCCCCCCCCCCCCCC(=O)O[C@H](COC(=O)CCCCCCCCCCCC)COP(=O)(O)OC[C@@H](O)COP(=O)(O)OC[C@@H](COC(=O)CCCCCCC)OC(=O)CCCCCCCCCCCC. The number of rotatable bonds is 67. The van der Waals surface area contributed by atoms with Gasteiger partial charge in [0.2, 0.25) is 0 Å². The highest BCUT2D eigenvalue weighted by atomic mass is 31.2. The van der Waals surface area contributed by atoms with Crippen LogP contribution in [-0.2, 0) is 65.4 Å². The average Bonchev–Trinajstić information content (AvgIpc) is 3.55. The van der Waals surface area contributed by atoms with Gasteiger partial charge in [0, 0.05) is 25.7 Å². The molecule has 2 unspecified atom stereocenters. The molecule has 0 amide bonds. The van der Waals surface area contributed by atoms with Gasteiger partial charge in [-0.1, -0.05) is 291 Å². The molecule has 504 valence electrons. The highest BCUT2D eigenvalue weighted by Crippen LogP contribution is 2.45. The van der Waals surface area contributed by atoms with Crippen LogP contribution in [0.15, 0.2) is 0 Å². The van der Waals surface area contributed by atoms with Crippen LogP contribution in [0.5, 0.6) is 0 Å². The Labute approximate surface area is 517 Å². The zero-order valence-corrected chi connectivity index (χ0v) is 56.4. The second-order valence-electron chi connectivity index (χ2n) is 23.9. The van der Waals surface area contributed by atoms with E-state index in [4.69, 9.17) is 37.0 Å². The third-order valence-corrected chi connectivity index (χ3v) is 17.3. The summed E-state index contributed by atoms with van der Waals surface area (Å²) in [5, 5.41) is 10.5. The van der Waals surface area contributed by atoms with Crippen LogP contribution in [0, 0.1) is 0 Å². The minimum atomic E-state index is -4.94. The lowest BCUT2D eigenvalue weighted by atomic mass is 10.0. The third-order valence-electron chi connectivity index (χ3n) is 15.4. The first-order valence-electron chi connectivity index (χ1n) is 34.8. The molecule has 0 rings (SSSR count). The maximum atomic E-state index is 13.0. The van der Waals surface area contributed by atoms with Crippen LogP contribution in [-0.4, -0.2) is 96.7 Å². The predicted octanol–water partition coefficient (Wildman–Crippen LogP) is 18.7. The largest absolute Gasteiger partial charge is 0.472 e. The minimum Gasteiger partial charge on any atom is -0.462 e. The molecule has 0 aliphatic carbocycles. The summed E-state index contributed by atoms with van der Waals surface area (Å²) < 4.78 is 67.8.